The molecule has 0 aromatic heterocycles. The maximum Gasteiger partial charge on any atom is 0.127 e. The first-order chi connectivity index (χ1) is 7.47. The summed E-state index contributed by atoms with van der Waals surface area (Å²) >= 11 is 10.0. The summed E-state index contributed by atoms with van der Waals surface area (Å²) in [5.41, 5.74) is 0.365. The van der Waals surface area contributed by atoms with E-state index in [9.17, 15) is 4.39 Å². The summed E-state index contributed by atoms with van der Waals surface area (Å²) < 4.78 is 13.7. The molecule has 0 saturated heterocycles. The molecule has 0 aliphatic rings. The first kappa shape index (κ1) is 13.8. The topological polar surface area (TPSA) is 12.0 Å². The SMILES string of the molecule is CC(C)(CNCCS)c1cc(Cl)ccc1F. The summed E-state index contributed by atoms with van der Waals surface area (Å²) in [5, 5.41) is 3.80. The molecule has 0 heterocycles. The van der Waals surface area contributed by atoms with Crippen LogP contribution < -0.4 is 5.32 Å². The van der Waals surface area contributed by atoms with E-state index in [0.29, 0.717) is 17.1 Å². The van der Waals surface area contributed by atoms with E-state index in [0.717, 1.165) is 12.3 Å². The van der Waals surface area contributed by atoms with Crippen LogP contribution in [0.4, 0.5) is 4.39 Å². The van der Waals surface area contributed by atoms with Crippen LogP contribution in [-0.2, 0) is 5.41 Å². The van der Waals surface area contributed by atoms with Crippen LogP contribution >= 0.6 is 24.2 Å². The molecule has 0 radical (unpaired) electrons. The van der Waals surface area contributed by atoms with Gasteiger partial charge in [-0.05, 0) is 23.8 Å². The summed E-state index contributed by atoms with van der Waals surface area (Å²) in [6.45, 7) is 5.50. The van der Waals surface area contributed by atoms with Crippen LogP contribution in [-0.4, -0.2) is 18.8 Å². The van der Waals surface area contributed by atoms with Gasteiger partial charge >= 0.3 is 0 Å². The molecule has 1 N–H and O–H groups in total. The van der Waals surface area contributed by atoms with Gasteiger partial charge in [0.2, 0.25) is 0 Å². The molecular weight excluding hydrogens is 245 g/mol. The Morgan fingerprint density at radius 3 is 2.75 bits per heavy atom. The monoisotopic (exact) mass is 261 g/mol. The number of hydrogen-bond acceptors (Lipinski definition) is 2. The summed E-state index contributed by atoms with van der Waals surface area (Å²) in [4.78, 5) is 0. The molecular formula is C12H17ClFNS. The summed E-state index contributed by atoms with van der Waals surface area (Å²) in [7, 11) is 0. The minimum absolute atomic E-state index is 0.206. The van der Waals surface area contributed by atoms with Crippen molar-refractivity contribution in [1.29, 1.82) is 0 Å². The fraction of sp³-hybridized carbons (Fsp3) is 0.500. The summed E-state index contributed by atoms with van der Waals surface area (Å²) in [6.07, 6.45) is 0. The van der Waals surface area contributed by atoms with Crippen LogP contribution in [0.5, 0.6) is 0 Å². The minimum atomic E-state index is -0.280. The van der Waals surface area contributed by atoms with Gasteiger partial charge in [0.15, 0.2) is 0 Å². The molecule has 1 rings (SSSR count). The number of rotatable bonds is 5. The number of halogens is 2. The highest BCUT2D eigenvalue weighted by molar-refractivity contribution is 7.80. The van der Waals surface area contributed by atoms with E-state index >= 15 is 0 Å². The Labute approximate surface area is 107 Å². The highest BCUT2D eigenvalue weighted by Crippen LogP contribution is 2.27. The molecule has 4 heteroatoms. The molecule has 16 heavy (non-hydrogen) atoms. The third-order valence-electron chi connectivity index (χ3n) is 2.51. The van der Waals surface area contributed by atoms with Crippen LogP contribution in [0.1, 0.15) is 19.4 Å². The van der Waals surface area contributed by atoms with Crippen molar-refractivity contribution >= 4 is 24.2 Å². The maximum absolute atomic E-state index is 13.7. The lowest BCUT2D eigenvalue weighted by Crippen LogP contribution is -2.34. The third kappa shape index (κ3) is 3.65. The second kappa shape index (κ2) is 5.89. The summed E-state index contributed by atoms with van der Waals surface area (Å²) in [5.74, 6) is 0.566. The van der Waals surface area contributed by atoms with E-state index in [4.69, 9.17) is 11.6 Å². The highest BCUT2D eigenvalue weighted by atomic mass is 35.5. The van der Waals surface area contributed by atoms with E-state index in [1.165, 1.54) is 6.07 Å². The standard InChI is InChI=1S/C12H17ClFNS/c1-12(2,8-15-5-6-16)10-7-9(13)3-4-11(10)14/h3-4,7,15-16H,5-6,8H2,1-2H3. The lowest BCUT2D eigenvalue weighted by Gasteiger charge is -2.26. The zero-order valence-corrected chi connectivity index (χ0v) is 11.2. The minimum Gasteiger partial charge on any atom is -0.315 e. The molecule has 0 fully saturated rings. The van der Waals surface area contributed by atoms with Gasteiger partial charge in [0.25, 0.3) is 0 Å². The fourth-order valence-corrected chi connectivity index (χ4v) is 1.92. The van der Waals surface area contributed by atoms with Gasteiger partial charge in [0.1, 0.15) is 5.82 Å². The third-order valence-corrected chi connectivity index (χ3v) is 2.97. The van der Waals surface area contributed by atoms with Crippen molar-refractivity contribution in [3.8, 4) is 0 Å². The molecule has 0 atom stereocenters. The molecule has 90 valence electrons. The average molecular weight is 262 g/mol. The average Bonchev–Trinajstić information content (AvgIpc) is 2.22. The Morgan fingerprint density at radius 1 is 1.44 bits per heavy atom. The van der Waals surface area contributed by atoms with Gasteiger partial charge in [-0.3, -0.25) is 0 Å². The fourth-order valence-electron chi connectivity index (χ4n) is 1.59. The zero-order valence-electron chi connectivity index (χ0n) is 9.56. The number of nitrogens with one attached hydrogen (secondary N) is 1. The molecule has 0 aliphatic heterocycles. The van der Waals surface area contributed by atoms with Gasteiger partial charge in [0.05, 0.1) is 0 Å². The van der Waals surface area contributed by atoms with Crippen molar-refractivity contribution in [2.45, 2.75) is 19.3 Å². The van der Waals surface area contributed by atoms with E-state index in [1.807, 2.05) is 13.8 Å². The Hall–Kier alpha value is -0.250. The van der Waals surface area contributed by atoms with Gasteiger partial charge in [-0.2, -0.15) is 12.6 Å². The van der Waals surface area contributed by atoms with E-state index < -0.39 is 0 Å². The number of thiol groups is 1. The zero-order chi connectivity index (χ0) is 12.2. The molecule has 0 saturated carbocycles. The van der Waals surface area contributed by atoms with Crippen LogP contribution in [0, 0.1) is 5.82 Å². The smallest absolute Gasteiger partial charge is 0.127 e. The van der Waals surface area contributed by atoms with E-state index in [-0.39, 0.29) is 11.2 Å². The molecule has 1 aromatic carbocycles. The van der Waals surface area contributed by atoms with E-state index in [2.05, 4.69) is 17.9 Å². The summed E-state index contributed by atoms with van der Waals surface area (Å²) in [6, 6.07) is 4.68. The van der Waals surface area contributed by atoms with E-state index in [1.54, 1.807) is 12.1 Å². The highest BCUT2D eigenvalue weighted by Gasteiger charge is 2.23. The second-order valence-corrected chi connectivity index (χ2v) is 5.29. The molecule has 0 amide bonds. The maximum atomic E-state index is 13.7. The lowest BCUT2D eigenvalue weighted by atomic mass is 9.84. The van der Waals surface area contributed by atoms with Crippen molar-refractivity contribution in [3.63, 3.8) is 0 Å². The Balaban J connectivity index is 2.83. The molecule has 1 aromatic rings. The van der Waals surface area contributed by atoms with Gasteiger partial charge in [-0.1, -0.05) is 25.4 Å². The van der Waals surface area contributed by atoms with Gasteiger partial charge in [0, 0.05) is 29.3 Å². The van der Waals surface area contributed by atoms with Gasteiger partial charge < -0.3 is 5.32 Å². The molecule has 0 bridgehead atoms. The van der Waals surface area contributed by atoms with Crippen LogP contribution in [0.2, 0.25) is 5.02 Å². The number of hydrogen-bond donors (Lipinski definition) is 2. The lowest BCUT2D eigenvalue weighted by molar-refractivity contribution is 0.451. The van der Waals surface area contributed by atoms with Crippen LogP contribution in [0.3, 0.4) is 0 Å². The van der Waals surface area contributed by atoms with Crippen LogP contribution in [0.25, 0.3) is 0 Å². The Kier molecular flexibility index (Phi) is 5.09. The first-order valence-corrected chi connectivity index (χ1v) is 6.25. The van der Waals surface area contributed by atoms with Crippen molar-refractivity contribution in [3.05, 3.63) is 34.6 Å². The largest absolute Gasteiger partial charge is 0.315 e. The number of benzene rings is 1. The first-order valence-electron chi connectivity index (χ1n) is 5.24. The molecule has 0 aliphatic carbocycles. The van der Waals surface area contributed by atoms with Crippen molar-refractivity contribution in [2.75, 3.05) is 18.8 Å². The van der Waals surface area contributed by atoms with Crippen molar-refractivity contribution in [1.82, 2.24) is 5.32 Å². The Morgan fingerprint density at radius 2 is 2.12 bits per heavy atom. The van der Waals surface area contributed by atoms with Crippen molar-refractivity contribution in [2.24, 2.45) is 0 Å². The van der Waals surface area contributed by atoms with Gasteiger partial charge in [-0.15, -0.1) is 0 Å². The molecule has 0 unspecified atom stereocenters. The predicted octanol–water partition coefficient (Wildman–Crippen LogP) is 3.28. The quantitative estimate of drug-likeness (QED) is 0.612. The van der Waals surface area contributed by atoms with Crippen molar-refractivity contribution < 1.29 is 4.39 Å². The Bertz CT molecular complexity index is 355. The molecule has 1 nitrogen and oxygen atoms in total. The second-order valence-electron chi connectivity index (χ2n) is 4.41. The van der Waals surface area contributed by atoms with Gasteiger partial charge in [-0.25, -0.2) is 4.39 Å². The predicted molar refractivity (Wildman–Crippen MR) is 71.2 cm³/mol. The van der Waals surface area contributed by atoms with Crippen LogP contribution in [0.15, 0.2) is 18.2 Å². The molecule has 0 spiro atoms. The normalized spacial score (nSPS) is 11.8.